The molecule has 3 aromatic rings. The number of nitrogens with zero attached hydrogens (tertiary/aromatic N) is 3. The zero-order chi connectivity index (χ0) is 18.1. The van der Waals surface area contributed by atoms with Gasteiger partial charge in [-0.15, -0.1) is 0 Å². The van der Waals surface area contributed by atoms with Crippen molar-refractivity contribution < 1.29 is 9.32 Å². The van der Waals surface area contributed by atoms with Crippen LogP contribution in [-0.4, -0.2) is 27.5 Å². The molecule has 0 aliphatic carbocycles. The number of carbonyl (C=O) groups is 1. The molecule has 1 amide bonds. The second-order valence-electron chi connectivity index (χ2n) is 6.24. The third-order valence-electron chi connectivity index (χ3n) is 4.41. The second kappa shape index (κ2) is 7.09. The van der Waals surface area contributed by atoms with Crippen LogP contribution < -0.4 is 0 Å². The van der Waals surface area contributed by atoms with Crippen LogP contribution in [0.1, 0.15) is 23.8 Å². The van der Waals surface area contributed by atoms with Crippen LogP contribution in [0.3, 0.4) is 0 Å². The van der Waals surface area contributed by atoms with Crippen LogP contribution in [0, 0.1) is 0 Å². The van der Waals surface area contributed by atoms with Gasteiger partial charge in [0.25, 0.3) is 0 Å². The first-order valence-electron chi connectivity index (χ1n) is 8.21. The highest BCUT2D eigenvalue weighted by atomic mass is 35.5. The molecule has 1 fully saturated rings. The van der Waals surface area contributed by atoms with Crippen molar-refractivity contribution >= 4 is 29.1 Å². The summed E-state index contributed by atoms with van der Waals surface area (Å²) in [6.07, 6.45) is 0.359. The van der Waals surface area contributed by atoms with E-state index in [1.165, 1.54) is 0 Å². The van der Waals surface area contributed by atoms with Gasteiger partial charge >= 0.3 is 0 Å². The van der Waals surface area contributed by atoms with Crippen LogP contribution in [-0.2, 0) is 11.3 Å². The first-order valence-corrected chi connectivity index (χ1v) is 8.96. The van der Waals surface area contributed by atoms with E-state index in [9.17, 15) is 4.79 Å². The number of hydrogen-bond acceptors (Lipinski definition) is 4. The average molecular weight is 388 g/mol. The molecule has 0 spiro atoms. The van der Waals surface area contributed by atoms with Crippen molar-refractivity contribution in [3.63, 3.8) is 0 Å². The van der Waals surface area contributed by atoms with E-state index >= 15 is 0 Å². The summed E-state index contributed by atoms with van der Waals surface area (Å²) in [7, 11) is 0. The maximum atomic E-state index is 12.3. The highest BCUT2D eigenvalue weighted by molar-refractivity contribution is 6.33. The zero-order valence-corrected chi connectivity index (χ0v) is 15.2. The van der Waals surface area contributed by atoms with E-state index in [2.05, 4.69) is 10.1 Å². The van der Waals surface area contributed by atoms with E-state index in [4.69, 9.17) is 27.7 Å². The molecule has 1 aromatic heterocycles. The summed E-state index contributed by atoms with van der Waals surface area (Å²) in [6, 6.07) is 14.8. The topological polar surface area (TPSA) is 59.2 Å². The molecule has 0 saturated carbocycles. The third-order valence-corrected chi connectivity index (χ3v) is 4.99. The molecule has 1 atom stereocenters. The van der Waals surface area contributed by atoms with E-state index in [0.29, 0.717) is 46.8 Å². The first-order chi connectivity index (χ1) is 12.6. The van der Waals surface area contributed by atoms with E-state index in [1.807, 2.05) is 42.5 Å². The Labute approximate surface area is 160 Å². The minimum absolute atomic E-state index is 0.0717. The number of benzene rings is 2. The van der Waals surface area contributed by atoms with Gasteiger partial charge in [-0.05, 0) is 29.8 Å². The van der Waals surface area contributed by atoms with Crippen molar-refractivity contribution in [1.29, 1.82) is 0 Å². The van der Waals surface area contributed by atoms with Gasteiger partial charge in [0.2, 0.25) is 17.6 Å². The fraction of sp³-hybridized carbons (Fsp3) is 0.211. The normalized spacial score (nSPS) is 17.1. The molecular weight excluding hydrogens is 373 g/mol. The summed E-state index contributed by atoms with van der Waals surface area (Å²) in [6.45, 7) is 1.09. The number of carbonyl (C=O) groups excluding carboxylic acids is 1. The van der Waals surface area contributed by atoms with Gasteiger partial charge in [-0.3, -0.25) is 4.79 Å². The quantitative estimate of drug-likeness (QED) is 0.658. The van der Waals surface area contributed by atoms with Crippen molar-refractivity contribution in [2.75, 3.05) is 6.54 Å². The lowest BCUT2D eigenvalue weighted by Gasteiger charge is -2.16. The van der Waals surface area contributed by atoms with Crippen LogP contribution in [0.25, 0.3) is 11.4 Å². The highest BCUT2D eigenvalue weighted by Crippen LogP contribution is 2.31. The van der Waals surface area contributed by atoms with Crippen molar-refractivity contribution in [2.45, 2.75) is 18.9 Å². The number of hydrogen-bond donors (Lipinski definition) is 0. The van der Waals surface area contributed by atoms with Gasteiger partial charge in [0.1, 0.15) is 0 Å². The Morgan fingerprint density at radius 1 is 1.12 bits per heavy atom. The number of likely N-dealkylation sites (tertiary alicyclic amines) is 1. The van der Waals surface area contributed by atoms with Crippen molar-refractivity contribution in [3.8, 4) is 11.4 Å². The standard InChI is InChI=1S/C19H15Cl2N3O2/c20-14-7-5-12(6-8-14)10-24-11-13(9-17(24)25)19-22-18(23-26-19)15-3-1-2-4-16(15)21/h1-8,13H,9-11H2. The van der Waals surface area contributed by atoms with E-state index in [1.54, 1.807) is 11.0 Å². The molecule has 5 nitrogen and oxygen atoms in total. The average Bonchev–Trinajstić information content (AvgIpc) is 3.25. The highest BCUT2D eigenvalue weighted by Gasteiger charge is 2.34. The lowest BCUT2D eigenvalue weighted by atomic mass is 10.1. The number of amides is 1. The van der Waals surface area contributed by atoms with Gasteiger partial charge < -0.3 is 9.42 Å². The smallest absolute Gasteiger partial charge is 0.232 e. The Morgan fingerprint density at radius 3 is 2.65 bits per heavy atom. The van der Waals surface area contributed by atoms with Gasteiger partial charge in [0.05, 0.1) is 10.9 Å². The molecule has 2 aromatic carbocycles. The molecule has 1 aliphatic heterocycles. The van der Waals surface area contributed by atoms with Crippen LogP contribution >= 0.6 is 23.2 Å². The van der Waals surface area contributed by atoms with Crippen LogP contribution in [0.4, 0.5) is 0 Å². The SMILES string of the molecule is O=C1CC(c2nc(-c3ccccc3Cl)no2)CN1Cc1ccc(Cl)cc1. The molecular formula is C19H15Cl2N3O2. The molecule has 4 rings (SSSR count). The molecule has 26 heavy (non-hydrogen) atoms. The molecule has 2 heterocycles. The monoisotopic (exact) mass is 387 g/mol. The maximum absolute atomic E-state index is 12.3. The fourth-order valence-electron chi connectivity index (χ4n) is 3.05. The summed E-state index contributed by atoms with van der Waals surface area (Å²) < 4.78 is 5.40. The molecule has 132 valence electrons. The van der Waals surface area contributed by atoms with Gasteiger partial charge in [0.15, 0.2) is 0 Å². The molecule has 7 heteroatoms. The minimum Gasteiger partial charge on any atom is -0.339 e. The predicted octanol–water partition coefficient (Wildman–Crippen LogP) is 4.56. The number of rotatable bonds is 4. The molecule has 1 saturated heterocycles. The van der Waals surface area contributed by atoms with Crippen LogP contribution in [0.5, 0.6) is 0 Å². The Kier molecular flexibility index (Phi) is 4.66. The number of aromatic nitrogens is 2. The van der Waals surface area contributed by atoms with Gasteiger partial charge in [-0.2, -0.15) is 4.98 Å². The predicted molar refractivity (Wildman–Crippen MR) is 99.0 cm³/mol. The Morgan fingerprint density at radius 2 is 1.88 bits per heavy atom. The lowest BCUT2D eigenvalue weighted by Crippen LogP contribution is -2.24. The zero-order valence-electron chi connectivity index (χ0n) is 13.7. The summed E-state index contributed by atoms with van der Waals surface area (Å²) in [4.78, 5) is 18.6. The molecule has 1 unspecified atom stereocenters. The molecule has 0 N–H and O–H groups in total. The van der Waals surface area contributed by atoms with Crippen molar-refractivity contribution in [2.24, 2.45) is 0 Å². The summed E-state index contributed by atoms with van der Waals surface area (Å²) in [5.74, 6) is 0.863. The van der Waals surface area contributed by atoms with E-state index < -0.39 is 0 Å². The molecule has 0 bridgehead atoms. The third kappa shape index (κ3) is 3.45. The van der Waals surface area contributed by atoms with Crippen molar-refractivity contribution in [3.05, 3.63) is 70.0 Å². The maximum Gasteiger partial charge on any atom is 0.232 e. The number of halogens is 2. The molecule has 1 aliphatic rings. The van der Waals surface area contributed by atoms with Crippen LogP contribution in [0.2, 0.25) is 10.0 Å². The Bertz CT molecular complexity index is 940. The Hall–Kier alpha value is -2.37. The summed E-state index contributed by atoms with van der Waals surface area (Å²) >= 11 is 12.1. The Balaban J connectivity index is 1.49. The van der Waals surface area contributed by atoms with Gasteiger partial charge in [0, 0.05) is 30.1 Å². The summed E-state index contributed by atoms with van der Waals surface area (Å²) in [5.41, 5.74) is 1.75. The van der Waals surface area contributed by atoms with Crippen LogP contribution in [0.15, 0.2) is 53.1 Å². The van der Waals surface area contributed by atoms with E-state index in [-0.39, 0.29) is 11.8 Å². The minimum atomic E-state index is -0.112. The van der Waals surface area contributed by atoms with Crippen molar-refractivity contribution in [1.82, 2.24) is 15.0 Å². The molecule has 0 radical (unpaired) electrons. The first kappa shape index (κ1) is 17.1. The van der Waals surface area contributed by atoms with E-state index in [0.717, 1.165) is 5.56 Å². The second-order valence-corrected chi connectivity index (χ2v) is 7.08. The fourth-order valence-corrected chi connectivity index (χ4v) is 3.40. The largest absolute Gasteiger partial charge is 0.339 e. The van der Waals surface area contributed by atoms with Gasteiger partial charge in [-0.25, -0.2) is 0 Å². The lowest BCUT2D eigenvalue weighted by molar-refractivity contribution is -0.128. The summed E-state index contributed by atoms with van der Waals surface area (Å²) in [5, 5.41) is 5.26. The van der Waals surface area contributed by atoms with Gasteiger partial charge in [-0.1, -0.05) is 52.6 Å².